The number of hydrogen-bond donors (Lipinski definition) is 2. The Morgan fingerprint density at radius 1 is 1.39 bits per heavy atom. The van der Waals surface area contributed by atoms with E-state index < -0.39 is 31.0 Å². The normalized spacial score (nSPS) is 12.9. The second-order valence-corrected chi connectivity index (χ2v) is 4.77. The van der Waals surface area contributed by atoms with Gasteiger partial charge in [0, 0.05) is 6.54 Å². The number of aliphatic hydroxyl groups excluding tert-OH is 1. The van der Waals surface area contributed by atoms with E-state index in [-0.39, 0.29) is 23.6 Å². The van der Waals surface area contributed by atoms with Crippen molar-refractivity contribution in [2.24, 2.45) is 0 Å². The molecule has 0 radical (unpaired) electrons. The van der Waals surface area contributed by atoms with Crippen molar-refractivity contribution in [1.29, 1.82) is 0 Å². The van der Waals surface area contributed by atoms with Gasteiger partial charge in [-0.15, -0.1) is 0 Å². The van der Waals surface area contributed by atoms with Gasteiger partial charge >= 0.3 is 12.3 Å². The Balaban J connectivity index is 2.95. The fraction of sp³-hybridized carbons (Fsp3) is 0.500. The summed E-state index contributed by atoms with van der Waals surface area (Å²) in [4.78, 5) is 12.0. The molecule has 1 atom stereocenters. The second kappa shape index (κ2) is 8.00. The molecule has 0 aliphatic rings. The number of carbonyl (C=O) groups is 1. The maximum atomic E-state index is 12.9. The van der Waals surface area contributed by atoms with Gasteiger partial charge in [-0.2, -0.15) is 8.78 Å². The van der Waals surface area contributed by atoms with Gasteiger partial charge in [-0.1, -0.05) is 0 Å². The summed E-state index contributed by atoms with van der Waals surface area (Å²) in [5.41, 5.74) is -0.171. The lowest BCUT2D eigenvalue weighted by Gasteiger charge is -2.18. The molecule has 2 N–H and O–H groups in total. The van der Waals surface area contributed by atoms with Gasteiger partial charge in [0.15, 0.2) is 6.61 Å². The molecule has 0 fully saturated rings. The molecule has 0 aliphatic heterocycles. The lowest BCUT2D eigenvalue weighted by Crippen LogP contribution is -2.34. The molecule has 0 spiro atoms. The Kier molecular flexibility index (Phi) is 6.62. The molecular weight excluding hydrogens is 322 g/mol. The number of ether oxygens (including phenoxy) is 2. The van der Waals surface area contributed by atoms with Crippen LogP contribution in [0.3, 0.4) is 0 Å². The van der Waals surface area contributed by atoms with Crippen molar-refractivity contribution in [2.75, 3.05) is 20.3 Å². The zero-order chi connectivity index (χ0) is 17.6. The van der Waals surface area contributed by atoms with Crippen molar-refractivity contribution in [3.05, 3.63) is 23.8 Å². The molecule has 5 nitrogen and oxygen atoms in total. The van der Waals surface area contributed by atoms with Crippen LogP contribution < -0.4 is 14.8 Å². The largest absolute Gasteiger partial charge is 0.497 e. The summed E-state index contributed by atoms with van der Waals surface area (Å²) in [5, 5.41) is 11.5. The Labute approximate surface area is 130 Å². The maximum Gasteiger partial charge on any atom is 0.340 e. The second-order valence-electron chi connectivity index (χ2n) is 4.77. The van der Waals surface area contributed by atoms with E-state index in [1.165, 1.54) is 26.2 Å². The van der Waals surface area contributed by atoms with Gasteiger partial charge in [0.05, 0.1) is 18.8 Å². The fourth-order valence-corrected chi connectivity index (χ4v) is 1.51. The molecule has 1 aromatic rings. The molecule has 23 heavy (non-hydrogen) atoms. The molecule has 1 amide bonds. The first-order valence-electron chi connectivity index (χ1n) is 6.60. The average Bonchev–Trinajstić information content (AvgIpc) is 2.50. The number of halogens is 4. The van der Waals surface area contributed by atoms with E-state index in [9.17, 15) is 22.4 Å². The monoisotopic (exact) mass is 339 g/mol. The number of methoxy groups -OCH3 is 1. The van der Waals surface area contributed by atoms with Crippen LogP contribution >= 0.6 is 0 Å². The van der Waals surface area contributed by atoms with Crippen LogP contribution in [-0.2, 0) is 0 Å². The molecule has 0 aromatic heterocycles. The van der Waals surface area contributed by atoms with Crippen LogP contribution in [0.2, 0.25) is 0 Å². The first kappa shape index (κ1) is 19.0. The third-order valence-electron chi connectivity index (χ3n) is 2.73. The van der Waals surface area contributed by atoms with Crippen molar-refractivity contribution in [2.45, 2.75) is 25.4 Å². The van der Waals surface area contributed by atoms with Crippen LogP contribution in [0.25, 0.3) is 0 Å². The van der Waals surface area contributed by atoms with Crippen molar-refractivity contribution < 1.29 is 36.9 Å². The molecule has 9 heteroatoms. The first-order valence-corrected chi connectivity index (χ1v) is 6.60. The zero-order valence-corrected chi connectivity index (χ0v) is 12.5. The summed E-state index contributed by atoms with van der Waals surface area (Å²) >= 11 is 0. The summed E-state index contributed by atoms with van der Waals surface area (Å²) in [5.74, 6) is -5.11. The smallest absolute Gasteiger partial charge is 0.340 e. The highest BCUT2D eigenvalue weighted by molar-refractivity contribution is 5.97. The molecular formula is C14H17F4NO4. The van der Waals surface area contributed by atoms with Gasteiger partial charge in [-0.25, -0.2) is 8.78 Å². The molecule has 0 heterocycles. The highest BCUT2D eigenvalue weighted by Crippen LogP contribution is 2.28. The summed E-state index contributed by atoms with van der Waals surface area (Å²) in [6, 6.07) is 3.71. The number of benzene rings is 1. The highest BCUT2D eigenvalue weighted by Gasteiger charge is 2.42. The third kappa shape index (κ3) is 5.59. The van der Waals surface area contributed by atoms with E-state index >= 15 is 0 Å². The van der Waals surface area contributed by atoms with Gasteiger partial charge in [-0.05, 0) is 25.1 Å². The summed E-state index contributed by atoms with van der Waals surface area (Å²) in [6.07, 6.45) is -4.70. The van der Waals surface area contributed by atoms with E-state index in [0.717, 1.165) is 6.07 Å². The van der Waals surface area contributed by atoms with Crippen LogP contribution in [0.1, 0.15) is 17.3 Å². The summed E-state index contributed by atoms with van der Waals surface area (Å²) in [6.45, 7) is -0.219. The molecule has 1 unspecified atom stereocenters. The van der Waals surface area contributed by atoms with Gasteiger partial charge in [0.1, 0.15) is 11.5 Å². The molecule has 1 aromatic carbocycles. The Bertz CT molecular complexity index is 538. The van der Waals surface area contributed by atoms with Gasteiger partial charge in [-0.3, -0.25) is 4.79 Å². The van der Waals surface area contributed by atoms with E-state index in [2.05, 4.69) is 10.1 Å². The van der Waals surface area contributed by atoms with Crippen LogP contribution in [0.15, 0.2) is 18.2 Å². The van der Waals surface area contributed by atoms with Crippen LogP contribution in [-0.4, -0.2) is 49.7 Å². The number of rotatable bonds is 8. The molecule has 1 rings (SSSR count). The summed E-state index contributed by atoms with van der Waals surface area (Å²) in [7, 11) is 1.33. The average molecular weight is 339 g/mol. The predicted molar refractivity (Wildman–Crippen MR) is 73.5 cm³/mol. The summed E-state index contributed by atoms with van der Waals surface area (Å²) < 4.78 is 59.8. The Morgan fingerprint density at radius 2 is 2.04 bits per heavy atom. The molecule has 130 valence electrons. The number of amides is 1. The fourth-order valence-electron chi connectivity index (χ4n) is 1.51. The van der Waals surface area contributed by atoms with Crippen LogP contribution in [0.5, 0.6) is 11.5 Å². The molecule has 0 bridgehead atoms. The van der Waals surface area contributed by atoms with Crippen molar-refractivity contribution in [1.82, 2.24) is 5.32 Å². The Morgan fingerprint density at radius 3 is 2.57 bits per heavy atom. The molecule has 0 saturated heterocycles. The van der Waals surface area contributed by atoms with Crippen molar-refractivity contribution >= 4 is 5.91 Å². The first-order chi connectivity index (χ1) is 10.7. The number of alkyl halides is 4. The molecule has 0 aliphatic carbocycles. The number of hydrogen-bond acceptors (Lipinski definition) is 4. The lowest BCUT2D eigenvalue weighted by molar-refractivity contribution is -0.148. The van der Waals surface area contributed by atoms with Crippen molar-refractivity contribution in [3.63, 3.8) is 0 Å². The van der Waals surface area contributed by atoms with E-state index in [4.69, 9.17) is 9.84 Å². The predicted octanol–water partition coefficient (Wildman–Crippen LogP) is 2.08. The van der Waals surface area contributed by atoms with Gasteiger partial charge in [0.25, 0.3) is 5.91 Å². The minimum atomic E-state index is -4.34. The number of nitrogens with one attached hydrogen (secondary N) is 1. The SMILES string of the molecule is COc1ccc(OCC(F)(F)C(F)F)c(C(=O)NCC(C)O)c1. The molecule has 0 saturated carbocycles. The van der Waals surface area contributed by atoms with E-state index in [1.54, 1.807) is 0 Å². The maximum absolute atomic E-state index is 12.9. The van der Waals surface area contributed by atoms with Crippen molar-refractivity contribution in [3.8, 4) is 11.5 Å². The minimum Gasteiger partial charge on any atom is -0.497 e. The number of aliphatic hydroxyl groups is 1. The van der Waals surface area contributed by atoms with Gasteiger partial charge in [0.2, 0.25) is 0 Å². The van der Waals surface area contributed by atoms with E-state index in [1.807, 2.05) is 0 Å². The number of carbonyl (C=O) groups excluding carboxylic acids is 1. The van der Waals surface area contributed by atoms with E-state index in [0.29, 0.717) is 0 Å². The quantitative estimate of drug-likeness (QED) is 0.712. The van der Waals surface area contributed by atoms with Crippen LogP contribution in [0, 0.1) is 0 Å². The minimum absolute atomic E-state index is 0.0807. The Hall–Kier alpha value is -2.03. The third-order valence-corrected chi connectivity index (χ3v) is 2.73. The standard InChI is InChI=1S/C14H17F4NO4/c1-8(20)6-19-12(21)10-5-9(22-2)3-4-11(10)23-7-14(17,18)13(15)16/h3-5,8,13,20H,6-7H2,1-2H3,(H,19,21). The zero-order valence-electron chi connectivity index (χ0n) is 12.5. The van der Waals surface area contributed by atoms with Crippen LogP contribution in [0.4, 0.5) is 17.6 Å². The van der Waals surface area contributed by atoms with Gasteiger partial charge < -0.3 is 19.9 Å². The topological polar surface area (TPSA) is 67.8 Å². The highest BCUT2D eigenvalue weighted by atomic mass is 19.3. The lowest BCUT2D eigenvalue weighted by atomic mass is 10.1.